The van der Waals surface area contributed by atoms with Gasteiger partial charge in [-0.15, -0.1) is 0 Å². The van der Waals surface area contributed by atoms with Gasteiger partial charge in [-0.2, -0.15) is 5.26 Å². The largest absolute Gasteiger partial charge is 0.444 e. The Morgan fingerprint density at radius 1 is 1.37 bits per heavy atom. The third-order valence-corrected chi connectivity index (χ3v) is 2.76. The van der Waals surface area contributed by atoms with Crippen LogP contribution in [0.2, 0.25) is 0 Å². The molecule has 0 bridgehead atoms. The molecule has 1 aliphatic rings. The van der Waals surface area contributed by atoms with Crippen molar-refractivity contribution in [3.63, 3.8) is 0 Å². The van der Waals surface area contributed by atoms with Crippen molar-refractivity contribution in [2.45, 2.75) is 38.6 Å². The van der Waals surface area contributed by atoms with E-state index in [-0.39, 0.29) is 6.04 Å². The van der Waals surface area contributed by atoms with Crippen molar-refractivity contribution in [2.24, 2.45) is 0 Å². The molecule has 2 unspecified atom stereocenters. The number of benzene rings is 1. The normalized spacial score (nSPS) is 21.7. The van der Waals surface area contributed by atoms with Crippen LogP contribution in [0.15, 0.2) is 24.3 Å². The van der Waals surface area contributed by atoms with E-state index in [0.717, 1.165) is 5.56 Å². The maximum absolute atomic E-state index is 11.8. The zero-order valence-corrected chi connectivity index (χ0v) is 11.1. The summed E-state index contributed by atoms with van der Waals surface area (Å²) in [5, 5.41) is 18.5. The van der Waals surface area contributed by atoms with Gasteiger partial charge in [0.05, 0.1) is 11.6 Å². The van der Waals surface area contributed by atoms with Crippen molar-refractivity contribution in [2.75, 3.05) is 0 Å². The third-order valence-electron chi connectivity index (χ3n) is 2.76. The summed E-state index contributed by atoms with van der Waals surface area (Å²) in [5.74, 6) is 0. The molecule has 1 N–H and O–H groups in total. The molecule has 1 aliphatic heterocycles. The molecule has 19 heavy (non-hydrogen) atoms. The predicted molar refractivity (Wildman–Crippen MR) is 68.0 cm³/mol. The van der Waals surface area contributed by atoms with E-state index in [1.807, 2.05) is 6.07 Å². The van der Waals surface area contributed by atoms with Crippen molar-refractivity contribution in [1.29, 1.82) is 5.26 Å². The second kappa shape index (κ2) is 4.56. The number of hydrogen-bond acceptors (Lipinski definition) is 4. The quantitative estimate of drug-likeness (QED) is 0.785. The zero-order valence-electron chi connectivity index (χ0n) is 11.1. The van der Waals surface area contributed by atoms with Crippen LogP contribution in [-0.2, 0) is 4.74 Å². The number of carbonyl (C=O) groups is 1. The maximum Gasteiger partial charge on any atom is 0.413 e. The molecule has 1 fully saturated rings. The van der Waals surface area contributed by atoms with Crippen molar-refractivity contribution in [1.82, 2.24) is 4.90 Å². The van der Waals surface area contributed by atoms with Gasteiger partial charge in [0.1, 0.15) is 11.6 Å². The zero-order chi connectivity index (χ0) is 14.2. The number of nitrogens with zero attached hydrogens (tertiary/aromatic N) is 2. The summed E-state index contributed by atoms with van der Waals surface area (Å²) in [6.07, 6.45) is -1.39. The van der Waals surface area contributed by atoms with Gasteiger partial charge in [-0.05, 0) is 38.5 Å². The lowest BCUT2D eigenvalue weighted by molar-refractivity contribution is 0.0333. The van der Waals surface area contributed by atoms with Crippen LogP contribution in [0, 0.1) is 11.3 Å². The Balaban J connectivity index is 2.07. The van der Waals surface area contributed by atoms with Gasteiger partial charge in [-0.25, -0.2) is 4.79 Å². The third kappa shape index (κ3) is 2.85. The summed E-state index contributed by atoms with van der Waals surface area (Å²) in [6, 6.07) is 8.42. The van der Waals surface area contributed by atoms with E-state index in [1.165, 1.54) is 4.90 Å². The molecule has 5 heteroatoms. The molecule has 0 saturated carbocycles. The van der Waals surface area contributed by atoms with E-state index in [2.05, 4.69) is 0 Å². The van der Waals surface area contributed by atoms with Crippen LogP contribution in [-0.4, -0.2) is 27.9 Å². The smallest absolute Gasteiger partial charge is 0.413 e. The molecule has 1 aromatic carbocycles. The molecule has 1 aromatic rings. The Labute approximate surface area is 112 Å². The van der Waals surface area contributed by atoms with Gasteiger partial charge in [0.25, 0.3) is 0 Å². The van der Waals surface area contributed by atoms with E-state index in [0.29, 0.717) is 5.56 Å². The Morgan fingerprint density at radius 2 is 1.95 bits per heavy atom. The van der Waals surface area contributed by atoms with E-state index < -0.39 is 17.9 Å². The average molecular weight is 260 g/mol. The SMILES string of the molecule is CC(C)(C)OC(=O)N1C(O)C1c1ccc(C#N)cc1. The first-order valence-corrected chi connectivity index (χ1v) is 6.03. The van der Waals surface area contributed by atoms with Crippen LogP contribution in [0.25, 0.3) is 0 Å². The average Bonchev–Trinajstić information content (AvgIpc) is 2.99. The van der Waals surface area contributed by atoms with Crippen molar-refractivity contribution in [3.8, 4) is 6.07 Å². The second-order valence-corrected chi connectivity index (χ2v) is 5.48. The molecular formula is C14H16N2O3. The summed E-state index contributed by atoms with van der Waals surface area (Å²) in [4.78, 5) is 13.1. The lowest BCUT2D eigenvalue weighted by Crippen LogP contribution is -2.28. The second-order valence-electron chi connectivity index (χ2n) is 5.48. The molecule has 0 aliphatic carbocycles. The van der Waals surface area contributed by atoms with Gasteiger partial charge in [0, 0.05) is 0 Å². The minimum Gasteiger partial charge on any atom is -0.444 e. The van der Waals surface area contributed by atoms with E-state index >= 15 is 0 Å². The minimum absolute atomic E-state index is 0.386. The number of aliphatic hydroxyl groups excluding tert-OH is 1. The van der Waals surface area contributed by atoms with Crippen LogP contribution in [0.3, 0.4) is 0 Å². The first-order valence-electron chi connectivity index (χ1n) is 6.03. The number of aliphatic hydroxyl groups is 1. The highest BCUT2D eigenvalue weighted by Crippen LogP contribution is 2.42. The summed E-state index contributed by atoms with van der Waals surface area (Å²) < 4.78 is 5.20. The maximum atomic E-state index is 11.8. The van der Waals surface area contributed by atoms with Gasteiger partial charge in [0.15, 0.2) is 6.23 Å². The number of rotatable bonds is 1. The summed E-state index contributed by atoms with van der Waals surface area (Å²) in [7, 11) is 0. The molecule has 1 amide bonds. The Kier molecular flexibility index (Phi) is 3.21. The molecule has 0 radical (unpaired) electrons. The predicted octanol–water partition coefficient (Wildman–Crippen LogP) is 2.17. The van der Waals surface area contributed by atoms with Crippen LogP contribution >= 0.6 is 0 Å². The van der Waals surface area contributed by atoms with E-state index in [4.69, 9.17) is 10.00 Å². The molecular weight excluding hydrogens is 244 g/mol. The molecule has 2 rings (SSSR count). The lowest BCUT2D eigenvalue weighted by Gasteiger charge is -2.19. The first kappa shape index (κ1) is 13.4. The van der Waals surface area contributed by atoms with E-state index in [9.17, 15) is 9.90 Å². The van der Waals surface area contributed by atoms with Crippen molar-refractivity contribution < 1.29 is 14.6 Å². The van der Waals surface area contributed by atoms with Crippen LogP contribution in [0.4, 0.5) is 4.79 Å². The molecule has 0 spiro atoms. The van der Waals surface area contributed by atoms with Gasteiger partial charge in [-0.1, -0.05) is 12.1 Å². The number of amides is 1. The van der Waals surface area contributed by atoms with Gasteiger partial charge in [0.2, 0.25) is 0 Å². The van der Waals surface area contributed by atoms with Crippen molar-refractivity contribution >= 4 is 6.09 Å². The Hall–Kier alpha value is -2.06. The summed E-state index contributed by atoms with van der Waals surface area (Å²) >= 11 is 0. The van der Waals surface area contributed by atoms with Crippen LogP contribution in [0.1, 0.15) is 37.9 Å². The van der Waals surface area contributed by atoms with Gasteiger partial charge in [-0.3, -0.25) is 4.90 Å². The van der Waals surface area contributed by atoms with Crippen LogP contribution in [0.5, 0.6) is 0 Å². The highest BCUT2D eigenvalue weighted by Gasteiger charge is 2.52. The highest BCUT2D eigenvalue weighted by molar-refractivity contribution is 5.72. The molecule has 0 aromatic heterocycles. The Bertz CT molecular complexity index is 525. The fourth-order valence-corrected chi connectivity index (χ4v) is 1.84. The number of ether oxygens (including phenoxy) is 1. The monoisotopic (exact) mass is 260 g/mol. The standard InChI is InChI=1S/C14H16N2O3/c1-14(2,3)19-13(18)16-11(12(16)17)10-6-4-9(8-15)5-7-10/h4-7,11-12,17H,1-3H3. The molecule has 1 heterocycles. The number of hydrogen-bond donors (Lipinski definition) is 1. The number of nitriles is 1. The van der Waals surface area contributed by atoms with E-state index in [1.54, 1.807) is 45.0 Å². The molecule has 1 saturated heterocycles. The minimum atomic E-state index is -0.859. The fourth-order valence-electron chi connectivity index (χ4n) is 1.84. The number of carbonyl (C=O) groups excluding carboxylic acids is 1. The topological polar surface area (TPSA) is 73.3 Å². The van der Waals surface area contributed by atoms with Gasteiger partial charge < -0.3 is 9.84 Å². The molecule has 2 atom stereocenters. The summed E-state index contributed by atoms with van der Waals surface area (Å²) in [5.41, 5.74) is 0.745. The van der Waals surface area contributed by atoms with Crippen LogP contribution < -0.4 is 0 Å². The van der Waals surface area contributed by atoms with Crippen molar-refractivity contribution in [3.05, 3.63) is 35.4 Å². The van der Waals surface area contributed by atoms with Gasteiger partial charge >= 0.3 is 6.09 Å². The molecule has 100 valence electrons. The summed E-state index contributed by atoms with van der Waals surface area (Å²) in [6.45, 7) is 5.33. The first-order chi connectivity index (χ1) is 8.83. The Morgan fingerprint density at radius 3 is 2.42 bits per heavy atom. The molecule has 5 nitrogen and oxygen atoms in total. The highest BCUT2D eigenvalue weighted by atomic mass is 16.6. The fraction of sp³-hybridized carbons (Fsp3) is 0.429. The lowest BCUT2D eigenvalue weighted by atomic mass is 10.1.